The Morgan fingerprint density at radius 2 is 1.77 bits per heavy atom. The van der Waals surface area contributed by atoms with Crippen LogP contribution in [0.25, 0.3) is 11.3 Å². The number of hydrogen-bond acceptors (Lipinski definition) is 6. The molecule has 30 heavy (non-hydrogen) atoms. The average molecular weight is 425 g/mol. The van der Waals surface area contributed by atoms with Crippen molar-refractivity contribution in [3.8, 4) is 11.3 Å². The lowest BCUT2D eigenvalue weighted by Crippen LogP contribution is -2.48. The molecule has 1 saturated heterocycles. The fourth-order valence-corrected chi connectivity index (χ4v) is 4.30. The molecule has 1 aliphatic rings. The van der Waals surface area contributed by atoms with Gasteiger partial charge in [0.15, 0.2) is 5.78 Å². The Hall–Kier alpha value is -3.26. The third kappa shape index (κ3) is 3.91. The molecule has 154 valence electrons. The van der Waals surface area contributed by atoms with Crippen molar-refractivity contribution in [2.45, 2.75) is 6.92 Å². The molecule has 0 radical (unpaired) electrons. The first-order valence-corrected chi connectivity index (χ1v) is 10.4. The number of nitrogens with two attached hydrogens (primary N) is 1. The molecule has 1 aliphatic heterocycles. The lowest BCUT2D eigenvalue weighted by atomic mass is 10.1. The van der Waals surface area contributed by atoms with Crippen LogP contribution in [0.4, 0.5) is 15.8 Å². The fraction of sp³-hybridized carbons (Fsp3) is 0.227. The number of carbonyl (C=O) groups is 2. The maximum Gasteiger partial charge on any atom is 0.267 e. The van der Waals surface area contributed by atoms with Gasteiger partial charge in [-0.15, -0.1) is 0 Å². The van der Waals surface area contributed by atoms with Gasteiger partial charge in [0.2, 0.25) is 0 Å². The van der Waals surface area contributed by atoms with Crippen molar-refractivity contribution in [3.05, 3.63) is 64.8 Å². The monoisotopic (exact) mass is 424 g/mol. The van der Waals surface area contributed by atoms with Gasteiger partial charge < -0.3 is 15.5 Å². The minimum absolute atomic E-state index is 0.0386. The minimum atomic E-state index is -0.375. The molecule has 8 heteroatoms. The highest BCUT2D eigenvalue weighted by atomic mass is 32.1. The lowest BCUT2D eigenvalue weighted by molar-refractivity contribution is 0.0752. The van der Waals surface area contributed by atoms with E-state index in [0.29, 0.717) is 47.9 Å². The summed E-state index contributed by atoms with van der Waals surface area (Å²) < 4.78 is 17.8. The van der Waals surface area contributed by atoms with E-state index in [1.807, 2.05) is 24.3 Å². The van der Waals surface area contributed by atoms with E-state index < -0.39 is 0 Å². The van der Waals surface area contributed by atoms with Crippen molar-refractivity contribution in [2.24, 2.45) is 0 Å². The molecule has 1 aromatic heterocycles. The molecule has 0 saturated carbocycles. The van der Waals surface area contributed by atoms with Crippen LogP contribution in [0.15, 0.2) is 48.5 Å². The smallest absolute Gasteiger partial charge is 0.267 e. The van der Waals surface area contributed by atoms with Crippen LogP contribution in [0.2, 0.25) is 0 Å². The Morgan fingerprint density at radius 3 is 2.40 bits per heavy atom. The molecule has 3 aromatic rings. The molecule has 0 spiro atoms. The number of nitrogens with zero attached hydrogens (tertiary/aromatic N) is 3. The van der Waals surface area contributed by atoms with Crippen molar-refractivity contribution in [2.75, 3.05) is 36.8 Å². The van der Waals surface area contributed by atoms with Crippen LogP contribution in [-0.2, 0) is 0 Å². The largest absolute Gasteiger partial charge is 0.396 e. The van der Waals surface area contributed by atoms with Crippen molar-refractivity contribution in [3.63, 3.8) is 0 Å². The van der Waals surface area contributed by atoms with Gasteiger partial charge in [0.05, 0.1) is 5.69 Å². The van der Waals surface area contributed by atoms with Gasteiger partial charge in [0.25, 0.3) is 5.91 Å². The van der Waals surface area contributed by atoms with Crippen molar-refractivity contribution < 1.29 is 14.0 Å². The van der Waals surface area contributed by atoms with Crippen LogP contribution >= 0.6 is 11.5 Å². The highest BCUT2D eigenvalue weighted by molar-refractivity contribution is 7.09. The Labute approximate surface area is 177 Å². The standard InChI is InChI=1S/C22H21FN4O2S/c1-14(28)15-5-7-18(8-6-15)26-9-11-27(12-10-26)22(29)21-19(24)20(25-30-21)16-3-2-4-17(23)13-16/h2-8,13H,9-12,24H2,1H3. The van der Waals surface area contributed by atoms with Gasteiger partial charge in [-0.05, 0) is 54.9 Å². The predicted octanol–water partition coefficient (Wildman–Crippen LogP) is 3.70. The summed E-state index contributed by atoms with van der Waals surface area (Å²) in [4.78, 5) is 28.7. The maximum absolute atomic E-state index is 13.5. The number of halogens is 1. The number of nitrogen functional groups attached to an aromatic ring is 1. The first-order valence-electron chi connectivity index (χ1n) is 9.60. The van der Waals surface area contributed by atoms with E-state index in [-0.39, 0.29) is 23.2 Å². The fourth-order valence-electron chi connectivity index (χ4n) is 3.51. The van der Waals surface area contributed by atoms with Gasteiger partial charge in [0, 0.05) is 43.0 Å². The quantitative estimate of drug-likeness (QED) is 0.646. The predicted molar refractivity (Wildman–Crippen MR) is 116 cm³/mol. The number of hydrogen-bond donors (Lipinski definition) is 1. The van der Waals surface area contributed by atoms with Gasteiger partial charge in [-0.3, -0.25) is 9.59 Å². The van der Waals surface area contributed by atoms with E-state index in [9.17, 15) is 14.0 Å². The normalized spacial score (nSPS) is 14.1. The zero-order valence-electron chi connectivity index (χ0n) is 16.5. The second-order valence-corrected chi connectivity index (χ2v) is 7.94. The summed E-state index contributed by atoms with van der Waals surface area (Å²) in [6.07, 6.45) is 0. The zero-order chi connectivity index (χ0) is 21.3. The van der Waals surface area contributed by atoms with Crippen LogP contribution in [0, 0.1) is 5.82 Å². The Morgan fingerprint density at radius 1 is 1.07 bits per heavy atom. The molecular formula is C22H21FN4O2S. The summed E-state index contributed by atoms with van der Waals surface area (Å²) in [5.41, 5.74) is 9.18. The van der Waals surface area contributed by atoms with E-state index in [1.54, 1.807) is 24.0 Å². The summed E-state index contributed by atoms with van der Waals surface area (Å²) in [6, 6.07) is 13.5. The summed E-state index contributed by atoms with van der Waals surface area (Å²) in [7, 11) is 0. The number of Topliss-reactive ketones (excluding diaryl/α,β-unsaturated/α-hetero) is 1. The van der Waals surface area contributed by atoms with E-state index in [1.165, 1.54) is 12.1 Å². The second-order valence-electron chi connectivity index (χ2n) is 7.17. The second kappa shape index (κ2) is 8.23. The molecular weight excluding hydrogens is 403 g/mol. The number of ketones is 1. The highest BCUT2D eigenvalue weighted by Gasteiger charge is 2.27. The van der Waals surface area contributed by atoms with Crippen molar-refractivity contribution >= 4 is 34.6 Å². The first-order chi connectivity index (χ1) is 14.4. The van der Waals surface area contributed by atoms with Gasteiger partial charge in [-0.1, -0.05) is 12.1 Å². The molecule has 0 aliphatic carbocycles. The van der Waals surface area contributed by atoms with Crippen molar-refractivity contribution in [1.82, 2.24) is 9.27 Å². The van der Waals surface area contributed by atoms with Crippen LogP contribution in [-0.4, -0.2) is 47.1 Å². The Balaban J connectivity index is 1.44. The summed E-state index contributed by atoms with van der Waals surface area (Å²) >= 11 is 1.05. The van der Waals surface area contributed by atoms with E-state index in [4.69, 9.17) is 5.73 Å². The molecule has 4 rings (SSSR count). The Bertz CT molecular complexity index is 1090. The SMILES string of the molecule is CC(=O)c1ccc(N2CCN(C(=O)c3snc(-c4cccc(F)c4)c3N)CC2)cc1. The molecule has 1 fully saturated rings. The van der Waals surface area contributed by atoms with Crippen molar-refractivity contribution in [1.29, 1.82) is 0 Å². The summed E-state index contributed by atoms with van der Waals surface area (Å²) in [5, 5.41) is 0. The third-order valence-electron chi connectivity index (χ3n) is 5.23. The molecule has 2 N–H and O–H groups in total. The Kier molecular flexibility index (Phi) is 5.50. The molecule has 2 aromatic carbocycles. The lowest BCUT2D eigenvalue weighted by Gasteiger charge is -2.36. The third-order valence-corrected chi connectivity index (χ3v) is 6.08. The molecule has 0 bridgehead atoms. The number of carbonyl (C=O) groups excluding carboxylic acids is 2. The minimum Gasteiger partial charge on any atom is -0.396 e. The zero-order valence-corrected chi connectivity index (χ0v) is 17.3. The molecule has 0 atom stereocenters. The summed E-state index contributed by atoms with van der Waals surface area (Å²) in [6.45, 7) is 4.02. The molecule has 6 nitrogen and oxygen atoms in total. The molecule has 1 amide bonds. The van der Waals surface area contributed by atoms with Crippen LogP contribution < -0.4 is 10.6 Å². The summed E-state index contributed by atoms with van der Waals surface area (Å²) in [5.74, 6) is -0.490. The number of piperazine rings is 1. The maximum atomic E-state index is 13.5. The van der Waals surface area contributed by atoms with Gasteiger partial charge in [-0.25, -0.2) is 4.39 Å². The van der Waals surface area contributed by atoms with E-state index in [2.05, 4.69) is 9.27 Å². The van der Waals surface area contributed by atoms with Crippen LogP contribution in [0.3, 0.4) is 0 Å². The van der Waals surface area contributed by atoms with Crippen LogP contribution in [0.1, 0.15) is 27.0 Å². The number of aromatic nitrogens is 1. The first kappa shape index (κ1) is 20.0. The van der Waals surface area contributed by atoms with Gasteiger partial charge in [0.1, 0.15) is 16.4 Å². The topological polar surface area (TPSA) is 79.5 Å². The molecule has 0 unspecified atom stereocenters. The number of benzene rings is 2. The number of anilines is 2. The van der Waals surface area contributed by atoms with E-state index in [0.717, 1.165) is 17.2 Å². The number of amides is 1. The number of rotatable bonds is 4. The van der Waals surface area contributed by atoms with Gasteiger partial charge >= 0.3 is 0 Å². The highest BCUT2D eigenvalue weighted by Crippen LogP contribution is 2.32. The van der Waals surface area contributed by atoms with Gasteiger partial charge in [-0.2, -0.15) is 4.37 Å². The molecule has 2 heterocycles. The average Bonchev–Trinajstić information content (AvgIpc) is 3.14. The van der Waals surface area contributed by atoms with Crippen LogP contribution in [0.5, 0.6) is 0 Å². The van der Waals surface area contributed by atoms with E-state index >= 15 is 0 Å².